The Kier molecular flexibility index (Phi) is 5.39. The third kappa shape index (κ3) is 3.64. The molecule has 1 fully saturated rings. The molecular weight excluding hydrogens is 434 g/mol. The second kappa shape index (κ2) is 7.06. The minimum absolute atomic E-state index is 0.0584. The summed E-state index contributed by atoms with van der Waals surface area (Å²) in [5.41, 5.74) is -2.90. The molecule has 0 spiro atoms. The number of hydrogen-bond donors (Lipinski definition) is 1. The van der Waals surface area contributed by atoms with Crippen LogP contribution in [0.3, 0.4) is 0 Å². The van der Waals surface area contributed by atoms with Crippen molar-refractivity contribution in [3.63, 3.8) is 0 Å². The first-order valence-electron chi connectivity index (χ1n) is 7.56. The molecule has 1 aliphatic heterocycles. The highest BCUT2D eigenvalue weighted by Crippen LogP contribution is 2.50. The third-order valence-corrected chi connectivity index (χ3v) is 4.82. The van der Waals surface area contributed by atoms with Gasteiger partial charge < -0.3 is 9.47 Å². The van der Waals surface area contributed by atoms with Gasteiger partial charge in [-0.2, -0.15) is 13.9 Å². The van der Waals surface area contributed by atoms with Gasteiger partial charge in [-0.25, -0.2) is 9.37 Å². The second-order valence-corrected chi connectivity index (χ2v) is 7.13. The van der Waals surface area contributed by atoms with E-state index >= 15 is 0 Å². The van der Waals surface area contributed by atoms with E-state index in [9.17, 15) is 13.2 Å². The van der Waals surface area contributed by atoms with Crippen LogP contribution in [0.1, 0.15) is 25.2 Å². The van der Waals surface area contributed by atoms with Gasteiger partial charge in [-0.15, -0.1) is 0 Å². The molecule has 4 unspecified atom stereocenters. The minimum atomic E-state index is -4.34. The molecule has 4 atom stereocenters. The molecule has 27 heavy (non-hydrogen) atoms. The third-order valence-electron chi connectivity index (χ3n) is 4.02. The van der Waals surface area contributed by atoms with Gasteiger partial charge in [0.25, 0.3) is 11.4 Å². The Hall–Kier alpha value is -1.10. The van der Waals surface area contributed by atoms with Crippen LogP contribution in [0.25, 0.3) is 0 Å². The van der Waals surface area contributed by atoms with Crippen LogP contribution < -0.4 is 0 Å². The molecule has 148 valence electrons. The lowest BCUT2D eigenvalue weighted by atomic mass is 10.0. The largest absolute Gasteiger partial charge is 0.403 e. The highest BCUT2D eigenvalue weighted by Gasteiger charge is 2.62. The fourth-order valence-corrected chi connectivity index (χ4v) is 3.21. The summed E-state index contributed by atoms with van der Waals surface area (Å²) in [6, 6.07) is 4.37. The van der Waals surface area contributed by atoms with Crippen LogP contribution in [-0.2, 0) is 20.0 Å². The predicted molar refractivity (Wildman–Crippen MR) is 90.4 cm³/mol. The molecule has 1 N–H and O–H groups in total. The van der Waals surface area contributed by atoms with Gasteiger partial charge in [0.2, 0.25) is 11.6 Å². The van der Waals surface area contributed by atoms with E-state index < -0.39 is 29.4 Å². The van der Waals surface area contributed by atoms with Gasteiger partial charge in [-0.1, -0.05) is 40.9 Å². The van der Waals surface area contributed by atoms with Crippen LogP contribution in [0.15, 0.2) is 24.5 Å². The lowest BCUT2D eigenvalue weighted by Crippen LogP contribution is -2.47. The average Bonchev–Trinajstić information content (AvgIpc) is 3.15. The summed E-state index contributed by atoms with van der Waals surface area (Å²) in [4.78, 5) is 3.99. The van der Waals surface area contributed by atoms with Crippen molar-refractivity contribution in [3.05, 3.63) is 46.0 Å². The number of H-pyrrole nitrogens is 1. The quantitative estimate of drug-likeness (QED) is 0.680. The number of hydrogen-bond acceptors (Lipinski definition) is 5. The standard InChI is InChI=1S/C15H13Cl3F3N3O3/c1-7-13(2,27-15(20,21)11(18)19)26-14(25-7,12-22-6-23-24-12)9-4-3-8(16)5-10(9)17/h3-7,11H,1-2H3,(H,22,23,24). The maximum atomic E-state index is 13.8. The van der Waals surface area contributed by atoms with Crippen molar-refractivity contribution in [1.29, 1.82) is 0 Å². The highest BCUT2D eigenvalue weighted by molar-refractivity contribution is 6.35. The fraction of sp³-hybridized carbons (Fsp3) is 0.467. The number of rotatable bonds is 5. The van der Waals surface area contributed by atoms with Gasteiger partial charge in [0.1, 0.15) is 12.4 Å². The van der Waals surface area contributed by atoms with Crippen molar-refractivity contribution < 1.29 is 27.4 Å². The Morgan fingerprint density at radius 3 is 2.63 bits per heavy atom. The van der Waals surface area contributed by atoms with Crippen LogP contribution in [0, 0.1) is 0 Å². The van der Waals surface area contributed by atoms with Crippen molar-refractivity contribution in [3.8, 4) is 0 Å². The Morgan fingerprint density at radius 1 is 1.37 bits per heavy atom. The maximum Gasteiger partial charge on any atom is 0.403 e. The summed E-state index contributed by atoms with van der Waals surface area (Å²) in [7, 11) is 0. The number of aromatic amines is 1. The Labute approximate surface area is 166 Å². The lowest BCUT2D eigenvalue weighted by molar-refractivity contribution is -0.373. The number of ether oxygens (including phenoxy) is 3. The van der Waals surface area contributed by atoms with Crippen LogP contribution in [0.5, 0.6) is 0 Å². The molecule has 6 nitrogen and oxygen atoms in total. The summed E-state index contributed by atoms with van der Waals surface area (Å²) < 4.78 is 56.8. The molecule has 0 bridgehead atoms. The van der Waals surface area contributed by atoms with E-state index in [0.29, 0.717) is 5.02 Å². The number of alkyl halides is 4. The SMILES string of the molecule is CC1OC(c2nc[nH]n2)(c2ccc(Cl)cc2Cl)OC1(C)OC(F)(F)C(F)Cl. The molecule has 1 aliphatic rings. The van der Waals surface area contributed by atoms with Crippen LogP contribution >= 0.6 is 34.8 Å². The Bertz CT molecular complexity index is 827. The first-order chi connectivity index (χ1) is 12.5. The first-order valence-corrected chi connectivity index (χ1v) is 8.75. The van der Waals surface area contributed by atoms with E-state index in [4.69, 9.17) is 44.3 Å². The van der Waals surface area contributed by atoms with E-state index in [-0.39, 0.29) is 16.4 Å². The summed E-state index contributed by atoms with van der Waals surface area (Å²) >= 11 is 17.1. The van der Waals surface area contributed by atoms with Gasteiger partial charge >= 0.3 is 6.11 Å². The zero-order valence-corrected chi connectivity index (χ0v) is 16.1. The molecule has 2 aromatic rings. The molecule has 3 rings (SSSR count). The highest BCUT2D eigenvalue weighted by atomic mass is 35.5. The Morgan fingerprint density at radius 2 is 2.07 bits per heavy atom. The number of aromatic nitrogens is 3. The van der Waals surface area contributed by atoms with Crippen molar-refractivity contribution in [2.24, 2.45) is 0 Å². The van der Waals surface area contributed by atoms with E-state index in [2.05, 4.69) is 19.9 Å². The van der Waals surface area contributed by atoms with Crippen LogP contribution in [-0.4, -0.2) is 38.8 Å². The second-order valence-electron chi connectivity index (χ2n) is 5.91. The zero-order chi connectivity index (χ0) is 20.0. The molecule has 1 aromatic heterocycles. The molecule has 1 saturated heterocycles. The maximum absolute atomic E-state index is 13.8. The first kappa shape index (κ1) is 20.6. The predicted octanol–water partition coefficient (Wildman–Crippen LogP) is 4.61. The number of nitrogens with zero attached hydrogens (tertiary/aromatic N) is 2. The smallest absolute Gasteiger partial charge is 0.331 e. The van der Waals surface area contributed by atoms with Gasteiger partial charge in [-0.05, 0) is 26.0 Å². The topological polar surface area (TPSA) is 69.3 Å². The van der Waals surface area contributed by atoms with Crippen molar-refractivity contribution in [2.45, 2.75) is 43.3 Å². The van der Waals surface area contributed by atoms with E-state index in [1.165, 1.54) is 31.5 Å². The van der Waals surface area contributed by atoms with Crippen molar-refractivity contribution in [1.82, 2.24) is 15.2 Å². The minimum Gasteiger partial charge on any atom is -0.331 e. The van der Waals surface area contributed by atoms with Crippen LogP contribution in [0.2, 0.25) is 10.0 Å². The number of nitrogens with one attached hydrogen (secondary N) is 1. The molecular formula is C15H13Cl3F3N3O3. The summed E-state index contributed by atoms with van der Waals surface area (Å²) in [6.45, 7) is 2.55. The molecule has 0 saturated carbocycles. The summed E-state index contributed by atoms with van der Waals surface area (Å²) in [6.07, 6.45) is -4.23. The van der Waals surface area contributed by atoms with Crippen LogP contribution in [0.4, 0.5) is 13.2 Å². The summed E-state index contributed by atoms with van der Waals surface area (Å²) in [5.74, 6) is -4.09. The molecule has 2 heterocycles. The fourth-order valence-electron chi connectivity index (χ4n) is 2.63. The number of benzene rings is 1. The summed E-state index contributed by atoms with van der Waals surface area (Å²) in [5, 5.41) is 6.84. The van der Waals surface area contributed by atoms with E-state index in [1.807, 2.05) is 0 Å². The van der Waals surface area contributed by atoms with Gasteiger partial charge in [-0.3, -0.25) is 9.84 Å². The van der Waals surface area contributed by atoms with Gasteiger partial charge in [0.15, 0.2) is 0 Å². The zero-order valence-electron chi connectivity index (χ0n) is 13.9. The van der Waals surface area contributed by atoms with Gasteiger partial charge in [0, 0.05) is 10.6 Å². The van der Waals surface area contributed by atoms with Crippen molar-refractivity contribution >= 4 is 34.8 Å². The lowest BCUT2D eigenvalue weighted by Gasteiger charge is -2.32. The number of halogens is 6. The Balaban J connectivity index is 2.09. The normalized spacial score (nSPS) is 29.9. The molecule has 0 amide bonds. The van der Waals surface area contributed by atoms with E-state index in [1.54, 1.807) is 0 Å². The molecule has 12 heteroatoms. The molecule has 0 aliphatic carbocycles. The van der Waals surface area contributed by atoms with E-state index in [0.717, 1.165) is 6.92 Å². The molecule has 1 aromatic carbocycles. The van der Waals surface area contributed by atoms with Gasteiger partial charge in [0.05, 0.1) is 5.02 Å². The van der Waals surface area contributed by atoms with Crippen molar-refractivity contribution in [2.75, 3.05) is 0 Å². The molecule has 0 radical (unpaired) electrons. The monoisotopic (exact) mass is 445 g/mol. The average molecular weight is 447 g/mol.